The number of carbonyl (C=O) groups excluding carboxylic acids is 1. The fourth-order valence-electron chi connectivity index (χ4n) is 3.68. The molecule has 1 aromatic carbocycles. The summed E-state index contributed by atoms with van der Waals surface area (Å²) in [4.78, 5) is 21.6. The molecule has 0 atom stereocenters. The number of H-pyrrole nitrogens is 1. The van der Waals surface area contributed by atoms with E-state index in [0.717, 1.165) is 36.8 Å². The van der Waals surface area contributed by atoms with Gasteiger partial charge in [-0.3, -0.25) is 9.69 Å². The number of likely N-dealkylation sites (tertiary alicyclic amines) is 1. The number of hydrogen-bond acceptors (Lipinski definition) is 3. The number of carbonyl (C=O) groups is 1. The summed E-state index contributed by atoms with van der Waals surface area (Å²) in [6.07, 6.45) is 5.63. The molecule has 2 N–H and O–H groups in total. The van der Waals surface area contributed by atoms with Crippen LogP contribution in [0.3, 0.4) is 0 Å². The van der Waals surface area contributed by atoms with Crippen molar-refractivity contribution in [2.75, 3.05) is 25.0 Å². The number of aromatic amines is 1. The summed E-state index contributed by atoms with van der Waals surface area (Å²) in [7, 11) is 0. The number of halogens is 1. The van der Waals surface area contributed by atoms with E-state index in [4.69, 9.17) is 0 Å². The minimum atomic E-state index is -0.223. The molecule has 1 aliphatic rings. The SMILES string of the molecule is O=C(CN1CCC(c2c[nH]c3cc(F)ccc23)CC1)Nc1ccccn1. The van der Waals surface area contributed by atoms with Crippen LogP contribution in [0.15, 0.2) is 48.8 Å². The van der Waals surface area contributed by atoms with Gasteiger partial charge in [0.25, 0.3) is 0 Å². The van der Waals surface area contributed by atoms with Crippen LogP contribution in [0.5, 0.6) is 0 Å². The van der Waals surface area contributed by atoms with Gasteiger partial charge in [-0.2, -0.15) is 0 Å². The molecule has 2 aromatic heterocycles. The first-order valence-electron chi connectivity index (χ1n) is 8.89. The summed E-state index contributed by atoms with van der Waals surface area (Å²) in [6.45, 7) is 2.12. The molecule has 0 radical (unpaired) electrons. The number of fused-ring (bicyclic) bond motifs is 1. The van der Waals surface area contributed by atoms with E-state index in [-0.39, 0.29) is 11.7 Å². The molecule has 0 unspecified atom stereocenters. The predicted molar refractivity (Wildman–Crippen MR) is 99.5 cm³/mol. The lowest BCUT2D eigenvalue weighted by molar-refractivity contribution is -0.117. The first-order chi connectivity index (χ1) is 12.7. The van der Waals surface area contributed by atoms with Gasteiger partial charge in [-0.05, 0) is 67.7 Å². The maximum Gasteiger partial charge on any atom is 0.239 e. The van der Waals surface area contributed by atoms with E-state index >= 15 is 0 Å². The Bertz CT molecular complexity index is 901. The van der Waals surface area contributed by atoms with Crippen molar-refractivity contribution < 1.29 is 9.18 Å². The van der Waals surface area contributed by atoms with Crippen LogP contribution in [0.1, 0.15) is 24.3 Å². The zero-order chi connectivity index (χ0) is 17.9. The summed E-state index contributed by atoms with van der Waals surface area (Å²) in [5.74, 6) is 0.757. The second-order valence-corrected chi connectivity index (χ2v) is 6.75. The molecule has 0 saturated carbocycles. The number of rotatable bonds is 4. The van der Waals surface area contributed by atoms with Gasteiger partial charge in [0.2, 0.25) is 5.91 Å². The smallest absolute Gasteiger partial charge is 0.239 e. The fraction of sp³-hybridized carbons (Fsp3) is 0.300. The zero-order valence-electron chi connectivity index (χ0n) is 14.4. The fourth-order valence-corrected chi connectivity index (χ4v) is 3.68. The Morgan fingerprint density at radius 2 is 2.12 bits per heavy atom. The number of pyridine rings is 1. The molecule has 0 spiro atoms. The van der Waals surface area contributed by atoms with E-state index in [0.29, 0.717) is 18.3 Å². The molecule has 1 aliphatic heterocycles. The quantitative estimate of drug-likeness (QED) is 0.755. The van der Waals surface area contributed by atoms with Crippen LogP contribution < -0.4 is 5.32 Å². The molecule has 5 nitrogen and oxygen atoms in total. The first kappa shape index (κ1) is 16.7. The van der Waals surface area contributed by atoms with Gasteiger partial charge in [0, 0.05) is 23.3 Å². The Morgan fingerprint density at radius 3 is 2.88 bits per heavy atom. The molecular weight excluding hydrogens is 331 g/mol. The van der Waals surface area contributed by atoms with Crippen molar-refractivity contribution >= 4 is 22.6 Å². The van der Waals surface area contributed by atoms with Crippen LogP contribution in [0.2, 0.25) is 0 Å². The topological polar surface area (TPSA) is 61.0 Å². The lowest BCUT2D eigenvalue weighted by Gasteiger charge is -2.31. The Balaban J connectivity index is 1.34. The van der Waals surface area contributed by atoms with Crippen LogP contribution >= 0.6 is 0 Å². The summed E-state index contributed by atoms with van der Waals surface area (Å²) in [5.41, 5.74) is 2.09. The van der Waals surface area contributed by atoms with Crippen LogP contribution in [0.25, 0.3) is 10.9 Å². The molecular formula is C20H21FN4O. The lowest BCUT2D eigenvalue weighted by atomic mass is 9.89. The van der Waals surface area contributed by atoms with Gasteiger partial charge in [0.05, 0.1) is 6.54 Å². The normalized spacial score (nSPS) is 16.0. The minimum Gasteiger partial charge on any atom is -0.361 e. The van der Waals surface area contributed by atoms with E-state index in [9.17, 15) is 9.18 Å². The minimum absolute atomic E-state index is 0.0373. The molecule has 3 heterocycles. The number of anilines is 1. The van der Waals surface area contributed by atoms with Gasteiger partial charge in [-0.15, -0.1) is 0 Å². The average Bonchev–Trinajstić information content (AvgIpc) is 3.06. The van der Waals surface area contributed by atoms with Gasteiger partial charge >= 0.3 is 0 Å². The van der Waals surface area contributed by atoms with E-state index in [1.54, 1.807) is 12.3 Å². The third kappa shape index (κ3) is 3.60. The first-order valence-corrected chi connectivity index (χ1v) is 8.89. The highest BCUT2D eigenvalue weighted by Gasteiger charge is 2.24. The molecule has 26 heavy (non-hydrogen) atoms. The largest absolute Gasteiger partial charge is 0.361 e. The monoisotopic (exact) mass is 352 g/mol. The summed E-state index contributed by atoms with van der Waals surface area (Å²) >= 11 is 0. The van der Waals surface area contributed by atoms with Crippen LogP contribution in [-0.4, -0.2) is 40.4 Å². The number of piperidine rings is 1. The molecule has 1 saturated heterocycles. The Kier molecular flexibility index (Phi) is 4.67. The maximum atomic E-state index is 13.3. The van der Waals surface area contributed by atoms with Crippen LogP contribution in [0.4, 0.5) is 10.2 Å². The van der Waals surface area contributed by atoms with Crippen molar-refractivity contribution in [2.45, 2.75) is 18.8 Å². The number of benzene rings is 1. The zero-order valence-corrected chi connectivity index (χ0v) is 14.4. The van der Waals surface area contributed by atoms with Crippen molar-refractivity contribution in [3.63, 3.8) is 0 Å². The molecule has 134 valence electrons. The third-order valence-corrected chi connectivity index (χ3v) is 5.00. The standard InChI is InChI=1S/C20H21FN4O/c21-15-4-5-16-17(12-23-18(16)11-15)14-6-9-25(10-7-14)13-20(26)24-19-3-1-2-8-22-19/h1-5,8,11-12,14,23H,6-7,9-10,13H2,(H,22,24,26). The highest BCUT2D eigenvalue weighted by atomic mass is 19.1. The Labute approximate surface area is 151 Å². The molecule has 0 aliphatic carbocycles. The highest BCUT2D eigenvalue weighted by Crippen LogP contribution is 2.33. The molecule has 4 rings (SSSR count). The van der Waals surface area contributed by atoms with Gasteiger partial charge in [-0.1, -0.05) is 6.07 Å². The van der Waals surface area contributed by atoms with Crippen molar-refractivity contribution in [3.05, 3.63) is 60.2 Å². The van der Waals surface area contributed by atoms with Crippen molar-refractivity contribution in [3.8, 4) is 0 Å². The Morgan fingerprint density at radius 1 is 1.27 bits per heavy atom. The lowest BCUT2D eigenvalue weighted by Crippen LogP contribution is -2.38. The van der Waals surface area contributed by atoms with Crippen molar-refractivity contribution in [1.29, 1.82) is 0 Å². The van der Waals surface area contributed by atoms with E-state index in [2.05, 4.69) is 20.2 Å². The molecule has 6 heteroatoms. The maximum absolute atomic E-state index is 13.3. The molecule has 1 amide bonds. The molecule has 1 fully saturated rings. The van der Waals surface area contributed by atoms with Crippen molar-refractivity contribution in [1.82, 2.24) is 14.9 Å². The third-order valence-electron chi connectivity index (χ3n) is 5.00. The summed E-state index contributed by atoms with van der Waals surface area (Å²) in [6, 6.07) is 10.3. The van der Waals surface area contributed by atoms with Gasteiger partial charge in [0.1, 0.15) is 11.6 Å². The molecule has 0 bridgehead atoms. The summed E-state index contributed by atoms with van der Waals surface area (Å²) in [5, 5.41) is 3.92. The highest BCUT2D eigenvalue weighted by molar-refractivity contribution is 5.91. The van der Waals surface area contributed by atoms with Crippen LogP contribution in [0, 0.1) is 5.82 Å². The van der Waals surface area contributed by atoms with E-state index < -0.39 is 0 Å². The average molecular weight is 352 g/mol. The van der Waals surface area contributed by atoms with Gasteiger partial charge in [-0.25, -0.2) is 9.37 Å². The number of nitrogens with zero attached hydrogens (tertiary/aromatic N) is 2. The second-order valence-electron chi connectivity index (χ2n) is 6.75. The molecule has 3 aromatic rings. The van der Waals surface area contributed by atoms with Crippen LogP contribution in [-0.2, 0) is 4.79 Å². The Hall–Kier alpha value is -2.73. The van der Waals surface area contributed by atoms with Gasteiger partial charge in [0.15, 0.2) is 0 Å². The number of amides is 1. The second kappa shape index (κ2) is 7.25. The number of hydrogen-bond donors (Lipinski definition) is 2. The predicted octanol–water partition coefficient (Wildman–Crippen LogP) is 3.52. The van der Waals surface area contributed by atoms with E-state index in [1.165, 1.54) is 17.7 Å². The van der Waals surface area contributed by atoms with Gasteiger partial charge < -0.3 is 10.3 Å². The van der Waals surface area contributed by atoms with Crippen molar-refractivity contribution in [2.24, 2.45) is 0 Å². The van der Waals surface area contributed by atoms with E-state index in [1.807, 2.05) is 24.4 Å². The number of nitrogens with one attached hydrogen (secondary N) is 2. The summed E-state index contributed by atoms with van der Waals surface area (Å²) < 4.78 is 13.3. The number of aromatic nitrogens is 2.